The first-order valence-electron chi connectivity index (χ1n) is 5.65. The Morgan fingerprint density at radius 2 is 1.87 bits per heavy atom. The molecule has 0 aromatic rings. The number of carbonyl (C=O) groups excluding carboxylic acids is 1. The topological polar surface area (TPSA) is 78.3 Å². The van der Waals surface area contributed by atoms with Gasteiger partial charge in [-0.25, -0.2) is 0 Å². The Balaban J connectivity index is 2.29. The van der Waals surface area contributed by atoms with Gasteiger partial charge in [0, 0.05) is 0 Å². The first-order valence-corrected chi connectivity index (χ1v) is 5.65. The SMILES string of the molecule is CC1CC(C)CC(OCC(N)C(N)=O)C1. The van der Waals surface area contributed by atoms with Gasteiger partial charge in [0.2, 0.25) is 5.91 Å². The van der Waals surface area contributed by atoms with Crippen molar-refractivity contribution in [1.82, 2.24) is 0 Å². The summed E-state index contributed by atoms with van der Waals surface area (Å²) in [5, 5.41) is 0. The fourth-order valence-electron chi connectivity index (χ4n) is 2.33. The lowest BCUT2D eigenvalue weighted by Crippen LogP contribution is -2.42. The van der Waals surface area contributed by atoms with E-state index >= 15 is 0 Å². The van der Waals surface area contributed by atoms with Crippen molar-refractivity contribution >= 4 is 5.91 Å². The Morgan fingerprint density at radius 3 is 2.33 bits per heavy atom. The molecule has 0 saturated heterocycles. The summed E-state index contributed by atoms with van der Waals surface area (Å²) in [6.07, 6.45) is 3.64. The third kappa shape index (κ3) is 4.18. The number of nitrogens with two attached hydrogens (primary N) is 2. The van der Waals surface area contributed by atoms with Crippen molar-refractivity contribution < 1.29 is 9.53 Å². The molecular weight excluding hydrogens is 192 g/mol. The molecule has 0 aliphatic heterocycles. The Bertz CT molecular complexity index is 211. The standard InChI is InChI=1S/C11H22N2O2/c1-7-3-8(2)5-9(4-7)15-6-10(12)11(13)14/h7-10H,3-6,12H2,1-2H3,(H2,13,14). The minimum Gasteiger partial charge on any atom is -0.376 e. The Morgan fingerprint density at radius 1 is 1.33 bits per heavy atom. The van der Waals surface area contributed by atoms with E-state index in [9.17, 15) is 4.79 Å². The molecule has 3 atom stereocenters. The highest BCUT2D eigenvalue weighted by Gasteiger charge is 2.25. The molecule has 0 heterocycles. The van der Waals surface area contributed by atoms with Crippen LogP contribution < -0.4 is 11.5 Å². The van der Waals surface area contributed by atoms with Crippen LogP contribution in [0.15, 0.2) is 0 Å². The fourth-order valence-corrected chi connectivity index (χ4v) is 2.33. The molecule has 4 nitrogen and oxygen atoms in total. The van der Waals surface area contributed by atoms with Crippen molar-refractivity contribution in [3.63, 3.8) is 0 Å². The van der Waals surface area contributed by atoms with Crippen molar-refractivity contribution in [2.45, 2.75) is 45.3 Å². The van der Waals surface area contributed by atoms with Crippen LogP contribution in [0.3, 0.4) is 0 Å². The Hall–Kier alpha value is -0.610. The first-order chi connectivity index (χ1) is 6.99. The summed E-state index contributed by atoms with van der Waals surface area (Å²) < 4.78 is 5.62. The van der Waals surface area contributed by atoms with E-state index in [2.05, 4.69) is 13.8 Å². The smallest absolute Gasteiger partial charge is 0.236 e. The van der Waals surface area contributed by atoms with Gasteiger partial charge >= 0.3 is 0 Å². The van der Waals surface area contributed by atoms with Gasteiger partial charge in [-0.1, -0.05) is 13.8 Å². The highest BCUT2D eigenvalue weighted by atomic mass is 16.5. The van der Waals surface area contributed by atoms with E-state index in [1.54, 1.807) is 0 Å². The molecule has 15 heavy (non-hydrogen) atoms. The number of carbonyl (C=O) groups is 1. The molecule has 3 unspecified atom stereocenters. The summed E-state index contributed by atoms with van der Waals surface area (Å²) >= 11 is 0. The normalized spacial score (nSPS) is 33.7. The van der Waals surface area contributed by atoms with Crippen molar-refractivity contribution in [3.05, 3.63) is 0 Å². The molecule has 0 radical (unpaired) electrons. The largest absolute Gasteiger partial charge is 0.376 e. The average Bonchev–Trinajstić information content (AvgIpc) is 2.12. The first kappa shape index (κ1) is 12.5. The average molecular weight is 214 g/mol. The number of rotatable bonds is 4. The van der Waals surface area contributed by atoms with Crippen molar-refractivity contribution in [1.29, 1.82) is 0 Å². The lowest BCUT2D eigenvalue weighted by Gasteiger charge is -2.31. The van der Waals surface area contributed by atoms with E-state index in [4.69, 9.17) is 16.2 Å². The van der Waals surface area contributed by atoms with Crippen LogP contribution >= 0.6 is 0 Å². The van der Waals surface area contributed by atoms with Crippen LogP contribution in [0.25, 0.3) is 0 Å². The quantitative estimate of drug-likeness (QED) is 0.721. The Labute approximate surface area is 91.3 Å². The van der Waals surface area contributed by atoms with Crippen LogP contribution in [-0.2, 0) is 9.53 Å². The Kier molecular flexibility index (Phi) is 4.54. The number of primary amides is 1. The second-order valence-electron chi connectivity index (χ2n) is 4.88. The molecule has 0 aromatic heterocycles. The maximum Gasteiger partial charge on any atom is 0.236 e. The minimum atomic E-state index is -0.669. The lowest BCUT2D eigenvalue weighted by atomic mass is 9.82. The van der Waals surface area contributed by atoms with Crippen molar-refractivity contribution in [2.24, 2.45) is 23.3 Å². The van der Waals surface area contributed by atoms with Crippen LogP contribution in [0.5, 0.6) is 0 Å². The van der Waals surface area contributed by atoms with Gasteiger partial charge in [-0.2, -0.15) is 0 Å². The van der Waals surface area contributed by atoms with Gasteiger partial charge in [0.05, 0.1) is 12.7 Å². The third-order valence-corrected chi connectivity index (χ3v) is 3.01. The number of hydrogen-bond donors (Lipinski definition) is 2. The van der Waals surface area contributed by atoms with E-state index in [0.29, 0.717) is 11.8 Å². The lowest BCUT2D eigenvalue weighted by molar-refractivity contribution is -0.121. The van der Waals surface area contributed by atoms with E-state index in [0.717, 1.165) is 12.8 Å². The summed E-state index contributed by atoms with van der Waals surface area (Å²) in [6, 6.07) is -0.669. The summed E-state index contributed by atoms with van der Waals surface area (Å²) in [7, 11) is 0. The maximum absolute atomic E-state index is 10.7. The molecule has 1 aliphatic rings. The van der Waals surface area contributed by atoms with Gasteiger partial charge in [-0.15, -0.1) is 0 Å². The molecule has 1 aliphatic carbocycles. The molecule has 1 rings (SSSR count). The highest BCUT2D eigenvalue weighted by Crippen LogP contribution is 2.30. The van der Waals surface area contributed by atoms with Gasteiger partial charge in [0.25, 0.3) is 0 Å². The zero-order chi connectivity index (χ0) is 11.4. The molecule has 88 valence electrons. The molecule has 1 amide bonds. The van der Waals surface area contributed by atoms with Gasteiger partial charge in [-0.05, 0) is 31.1 Å². The molecule has 4 N–H and O–H groups in total. The van der Waals surface area contributed by atoms with Gasteiger partial charge < -0.3 is 16.2 Å². The van der Waals surface area contributed by atoms with E-state index in [-0.39, 0.29) is 12.7 Å². The zero-order valence-electron chi connectivity index (χ0n) is 9.61. The van der Waals surface area contributed by atoms with Crippen molar-refractivity contribution in [2.75, 3.05) is 6.61 Å². The minimum absolute atomic E-state index is 0.245. The fraction of sp³-hybridized carbons (Fsp3) is 0.909. The van der Waals surface area contributed by atoms with Crippen LogP contribution in [0.2, 0.25) is 0 Å². The van der Waals surface area contributed by atoms with Crippen molar-refractivity contribution in [3.8, 4) is 0 Å². The molecule has 1 fully saturated rings. The van der Waals surface area contributed by atoms with Gasteiger partial charge in [0.15, 0.2) is 0 Å². The molecular formula is C11H22N2O2. The highest BCUT2D eigenvalue weighted by molar-refractivity contribution is 5.79. The molecule has 1 saturated carbocycles. The van der Waals surface area contributed by atoms with Gasteiger partial charge in [0.1, 0.15) is 6.04 Å². The van der Waals surface area contributed by atoms with Crippen LogP contribution in [0.1, 0.15) is 33.1 Å². The van der Waals surface area contributed by atoms with Crippen LogP contribution in [0.4, 0.5) is 0 Å². The second kappa shape index (κ2) is 5.47. The summed E-state index contributed by atoms with van der Waals surface area (Å²) in [6.45, 7) is 4.72. The van der Waals surface area contributed by atoms with Crippen LogP contribution in [-0.4, -0.2) is 24.7 Å². The van der Waals surface area contributed by atoms with E-state index < -0.39 is 11.9 Å². The summed E-state index contributed by atoms with van der Waals surface area (Å²) in [5.41, 5.74) is 10.6. The van der Waals surface area contributed by atoms with E-state index in [1.165, 1.54) is 6.42 Å². The number of amides is 1. The van der Waals surface area contributed by atoms with E-state index in [1.807, 2.05) is 0 Å². The van der Waals surface area contributed by atoms with Gasteiger partial charge in [-0.3, -0.25) is 4.79 Å². The number of hydrogen-bond acceptors (Lipinski definition) is 3. The third-order valence-electron chi connectivity index (χ3n) is 3.01. The van der Waals surface area contributed by atoms with Crippen LogP contribution in [0, 0.1) is 11.8 Å². The maximum atomic E-state index is 10.7. The molecule has 4 heteroatoms. The number of ether oxygens (including phenoxy) is 1. The molecule has 0 aromatic carbocycles. The predicted molar refractivity (Wildman–Crippen MR) is 59.1 cm³/mol. The predicted octanol–water partition coefficient (Wildman–Crippen LogP) is 0.640. The molecule has 0 spiro atoms. The zero-order valence-corrected chi connectivity index (χ0v) is 9.61. The summed E-state index contributed by atoms with van der Waals surface area (Å²) in [4.78, 5) is 10.7. The second-order valence-corrected chi connectivity index (χ2v) is 4.88. The monoisotopic (exact) mass is 214 g/mol. The summed E-state index contributed by atoms with van der Waals surface area (Å²) in [5.74, 6) is 0.902. The molecule has 0 bridgehead atoms.